The highest BCUT2D eigenvalue weighted by Gasteiger charge is 2.18. The zero-order valence-corrected chi connectivity index (χ0v) is 19.5. The molecule has 0 spiro atoms. The third kappa shape index (κ3) is 4.81. The van der Waals surface area contributed by atoms with Crippen LogP contribution in [0.2, 0.25) is 0 Å². The molecule has 8 heteroatoms. The minimum atomic E-state index is -0.417. The van der Waals surface area contributed by atoms with Gasteiger partial charge in [-0.2, -0.15) is 0 Å². The highest BCUT2D eigenvalue weighted by Crippen LogP contribution is 2.29. The summed E-state index contributed by atoms with van der Waals surface area (Å²) in [7, 11) is 0. The predicted octanol–water partition coefficient (Wildman–Crippen LogP) is 6.38. The van der Waals surface area contributed by atoms with Gasteiger partial charge in [-0.05, 0) is 42.0 Å². The van der Waals surface area contributed by atoms with E-state index in [1.54, 1.807) is 18.2 Å². The number of benzene rings is 3. The second-order valence-electron chi connectivity index (χ2n) is 8.22. The Balaban J connectivity index is 1.35. The third-order valence-corrected chi connectivity index (χ3v) is 5.72. The van der Waals surface area contributed by atoms with Crippen LogP contribution in [0.5, 0.6) is 5.75 Å². The van der Waals surface area contributed by atoms with Gasteiger partial charge < -0.3 is 13.6 Å². The SMILES string of the molecule is O=C(Nc1nnc(-c2ccco2)o1)c1cc(-c2ccccc2)nc2ccc(OCc3ccccc3)cc12. The van der Waals surface area contributed by atoms with Gasteiger partial charge in [-0.3, -0.25) is 10.1 Å². The van der Waals surface area contributed by atoms with E-state index < -0.39 is 5.91 Å². The van der Waals surface area contributed by atoms with Crippen LogP contribution in [0.25, 0.3) is 33.8 Å². The number of hydrogen-bond donors (Lipinski definition) is 1. The van der Waals surface area contributed by atoms with Gasteiger partial charge in [0.1, 0.15) is 12.4 Å². The average Bonchev–Trinajstić information content (AvgIpc) is 3.65. The second-order valence-corrected chi connectivity index (χ2v) is 8.22. The quantitative estimate of drug-likeness (QED) is 0.278. The largest absolute Gasteiger partial charge is 0.489 e. The first-order valence-corrected chi connectivity index (χ1v) is 11.6. The van der Waals surface area contributed by atoms with E-state index in [2.05, 4.69) is 15.5 Å². The molecule has 0 fully saturated rings. The van der Waals surface area contributed by atoms with Gasteiger partial charge >= 0.3 is 6.01 Å². The molecular formula is C29H20N4O4. The van der Waals surface area contributed by atoms with Crippen LogP contribution in [-0.4, -0.2) is 21.1 Å². The monoisotopic (exact) mass is 488 g/mol. The highest BCUT2D eigenvalue weighted by molar-refractivity contribution is 6.12. The van der Waals surface area contributed by atoms with Crippen LogP contribution in [0.15, 0.2) is 112 Å². The first-order chi connectivity index (χ1) is 18.2. The molecule has 0 bridgehead atoms. The number of amides is 1. The lowest BCUT2D eigenvalue weighted by molar-refractivity contribution is 0.102. The Kier molecular flexibility index (Phi) is 5.88. The van der Waals surface area contributed by atoms with Crippen LogP contribution in [0, 0.1) is 0 Å². The number of carbonyl (C=O) groups excluding carboxylic acids is 1. The molecular weight excluding hydrogens is 468 g/mol. The van der Waals surface area contributed by atoms with E-state index in [9.17, 15) is 4.79 Å². The van der Waals surface area contributed by atoms with Crippen LogP contribution >= 0.6 is 0 Å². The number of carbonyl (C=O) groups is 1. The summed E-state index contributed by atoms with van der Waals surface area (Å²) in [4.78, 5) is 18.3. The Hall–Kier alpha value is -5.24. The number of nitrogens with one attached hydrogen (secondary N) is 1. The van der Waals surface area contributed by atoms with E-state index in [1.165, 1.54) is 6.26 Å². The molecule has 6 rings (SSSR count). The molecule has 180 valence electrons. The number of pyridine rings is 1. The van der Waals surface area contributed by atoms with Crippen molar-refractivity contribution < 1.29 is 18.4 Å². The Morgan fingerprint density at radius 1 is 0.865 bits per heavy atom. The van der Waals surface area contributed by atoms with Crippen LogP contribution in [0.1, 0.15) is 15.9 Å². The summed E-state index contributed by atoms with van der Waals surface area (Å²) < 4.78 is 16.9. The maximum absolute atomic E-state index is 13.5. The smallest absolute Gasteiger partial charge is 0.322 e. The molecule has 0 aliphatic rings. The van der Waals surface area contributed by atoms with Gasteiger partial charge in [0.2, 0.25) is 0 Å². The molecule has 1 N–H and O–H groups in total. The fourth-order valence-electron chi connectivity index (χ4n) is 3.92. The molecule has 0 saturated carbocycles. The van der Waals surface area contributed by atoms with Crippen molar-refractivity contribution in [2.45, 2.75) is 6.61 Å². The molecule has 0 saturated heterocycles. The van der Waals surface area contributed by atoms with Crippen molar-refractivity contribution in [3.8, 4) is 28.7 Å². The summed E-state index contributed by atoms with van der Waals surface area (Å²) in [5.74, 6) is 0.785. The maximum Gasteiger partial charge on any atom is 0.322 e. The maximum atomic E-state index is 13.5. The number of furan rings is 1. The normalized spacial score (nSPS) is 10.9. The number of hydrogen-bond acceptors (Lipinski definition) is 7. The molecule has 37 heavy (non-hydrogen) atoms. The standard InChI is InChI=1S/C29H20N4O4/c34-27(31-29-33-32-28(37-29)26-12-7-15-35-26)23-17-25(20-10-5-2-6-11-20)30-24-14-13-21(16-22(23)24)36-18-19-8-3-1-4-9-19/h1-17H,18H2,(H,31,33,34). The van der Waals surface area contributed by atoms with Crippen molar-refractivity contribution in [3.05, 3.63) is 114 Å². The van der Waals surface area contributed by atoms with E-state index >= 15 is 0 Å². The lowest BCUT2D eigenvalue weighted by atomic mass is 10.0. The van der Waals surface area contributed by atoms with Gasteiger partial charge in [0.15, 0.2) is 5.76 Å². The molecule has 3 aromatic heterocycles. The number of rotatable bonds is 7. The van der Waals surface area contributed by atoms with Crippen molar-refractivity contribution in [1.82, 2.24) is 15.2 Å². The zero-order valence-electron chi connectivity index (χ0n) is 19.5. The molecule has 0 aliphatic carbocycles. The summed E-state index contributed by atoms with van der Waals surface area (Å²) >= 11 is 0. The number of nitrogens with zero attached hydrogens (tertiary/aromatic N) is 3. The number of ether oxygens (including phenoxy) is 1. The van der Waals surface area contributed by atoms with Crippen LogP contribution in [0.3, 0.4) is 0 Å². The summed E-state index contributed by atoms with van der Waals surface area (Å²) in [6.07, 6.45) is 1.50. The fourth-order valence-corrected chi connectivity index (χ4v) is 3.92. The van der Waals surface area contributed by atoms with Crippen LogP contribution in [0.4, 0.5) is 6.01 Å². The lowest BCUT2D eigenvalue weighted by Crippen LogP contribution is -2.13. The van der Waals surface area contributed by atoms with Gasteiger partial charge in [0.05, 0.1) is 23.0 Å². The van der Waals surface area contributed by atoms with Crippen molar-refractivity contribution in [1.29, 1.82) is 0 Å². The number of fused-ring (bicyclic) bond motifs is 1. The second kappa shape index (κ2) is 9.79. The highest BCUT2D eigenvalue weighted by atomic mass is 16.5. The first-order valence-electron chi connectivity index (χ1n) is 11.6. The van der Waals surface area contributed by atoms with E-state index in [-0.39, 0.29) is 11.9 Å². The summed E-state index contributed by atoms with van der Waals surface area (Å²) in [5, 5.41) is 11.2. The van der Waals surface area contributed by atoms with Gasteiger partial charge in [-0.15, -0.1) is 5.10 Å². The van der Waals surface area contributed by atoms with Crippen molar-refractivity contribution in [3.63, 3.8) is 0 Å². The summed E-state index contributed by atoms with van der Waals surface area (Å²) in [6, 6.07) is 30.2. The molecule has 8 nitrogen and oxygen atoms in total. The minimum Gasteiger partial charge on any atom is -0.489 e. The summed E-state index contributed by atoms with van der Waals surface area (Å²) in [5.41, 5.74) is 3.65. The molecule has 0 aliphatic heterocycles. The van der Waals surface area contributed by atoms with Crippen LogP contribution < -0.4 is 10.1 Å². The van der Waals surface area contributed by atoms with E-state index in [0.29, 0.717) is 40.3 Å². The van der Waals surface area contributed by atoms with E-state index in [0.717, 1.165) is 11.1 Å². The minimum absolute atomic E-state index is 0.0425. The van der Waals surface area contributed by atoms with Crippen molar-refractivity contribution in [2.24, 2.45) is 0 Å². The van der Waals surface area contributed by atoms with Gasteiger partial charge in [-0.25, -0.2) is 4.98 Å². The topological polar surface area (TPSA) is 103 Å². The van der Waals surface area contributed by atoms with Crippen molar-refractivity contribution in [2.75, 3.05) is 5.32 Å². The molecule has 3 aromatic carbocycles. The number of anilines is 1. The Morgan fingerprint density at radius 3 is 2.46 bits per heavy atom. The Bertz CT molecular complexity index is 1660. The predicted molar refractivity (Wildman–Crippen MR) is 138 cm³/mol. The van der Waals surface area contributed by atoms with Crippen LogP contribution in [-0.2, 0) is 6.61 Å². The molecule has 6 aromatic rings. The fraction of sp³-hybridized carbons (Fsp3) is 0.0345. The lowest BCUT2D eigenvalue weighted by Gasteiger charge is -2.12. The Morgan fingerprint density at radius 2 is 1.68 bits per heavy atom. The molecule has 0 unspecified atom stereocenters. The molecule has 0 radical (unpaired) electrons. The Labute approximate surface area is 211 Å². The first kappa shape index (κ1) is 22.2. The van der Waals surface area contributed by atoms with Gasteiger partial charge in [-0.1, -0.05) is 65.8 Å². The van der Waals surface area contributed by atoms with Gasteiger partial charge in [0, 0.05) is 10.9 Å². The van der Waals surface area contributed by atoms with Gasteiger partial charge in [0.25, 0.3) is 11.8 Å². The number of aromatic nitrogens is 3. The summed E-state index contributed by atoms with van der Waals surface area (Å²) in [6.45, 7) is 0.404. The van der Waals surface area contributed by atoms with E-state index in [4.69, 9.17) is 18.6 Å². The van der Waals surface area contributed by atoms with Crippen molar-refractivity contribution >= 4 is 22.8 Å². The zero-order chi connectivity index (χ0) is 25.0. The van der Waals surface area contributed by atoms with E-state index in [1.807, 2.05) is 78.9 Å². The molecule has 1 amide bonds. The molecule has 3 heterocycles. The average molecular weight is 489 g/mol. The molecule has 0 atom stereocenters. The third-order valence-electron chi connectivity index (χ3n) is 5.72.